The van der Waals surface area contributed by atoms with Gasteiger partial charge < -0.3 is 29.2 Å². The summed E-state index contributed by atoms with van der Waals surface area (Å²) in [4.78, 5) is 8.93. The first-order valence-corrected chi connectivity index (χ1v) is 10.4. The van der Waals surface area contributed by atoms with E-state index in [2.05, 4.69) is 9.97 Å². The standard InChI is InChI=1S/C24H16N2O6/c27-23-17(11-1-3-13-19-15(31-9-29-13)5-7-25-21(11)19)24(28)18(23)12-2-4-14-20-16(32-10-30-14)6-8-26-22(12)20/h1-8,17-18,23-24H,9-10H2/q-2. The molecule has 4 heterocycles. The second-order valence-corrected chi connectivity index (χ2v) is 8.17. The number of hydrogen-bond donors (Lipinski definition) is 0. The van der Waals surface area contributed by atoms with E-state index in [0.717, 1.165) is 0 Å². The average Bonchev–Trinajstić information content (AvgIpc) is 2.83. The molecule has 160 valence electrons. The Labute approximate surface area is 182 Å². The number of hydrogen-bond acceptors (Lipinski definition) is 8. The highest BCUT2D eigenvalue weighted by Crippen LogP contribution is 2.51. The molecule has 0 amide bonds. The van der Waals surface area contributed by atoms with Gasteiger partial charge in [0.25, 0.3) is 0 Å². The molecule has 0 spiro atoms. The SMILES string of the molecule is [O-]C1C(c2ccc3c4c(ccnc24)OCO3)C([O-])C1c1ccc2c3c(ccnc13)OCO2. The summed E-state index contributed by atoms with van der Waals surface area (Å²) < 4.78 is 22.2. The van der Waals surface area contributed by atoms with Crippen LogP contribution in [-0.4, -0.2) is 35.8 Å². The van der Waals surface area contributed by atoms with E-state index < -0.39 is 24.0 Å². The van der Waals surface area contributed by atoms with Crippen molar-refractivity contribution in [3.8, 4) is 23.0 Å². The first-order valence-electron chi connectivity index (χ1n) is 10.4. The summed E-state index contributed by atoms with van der Waals surface area (Å²) in [5.74, 6) is 1.13. The minimum absolute atomic E-state index is 0.122. The summed E-state index contributed by atoms with van der Waals surface area (Å²) in [6, 6.07) is 10.7. The van der Waals surface area contributed by atoms with Crippen molar-refractivity contribution in [3.63, 3.8) is 0 Å². The number of nitrogens with zero attached hydrogens (tertiary/aromatic N) is 2. The van der Waals surface area contributed by atoms with Gasteiger partial charge in [-0.2, -0.15) is 0 Å². The number of rotatable bonds is 2. The van der Waals surface area contributed by atoms with Gasteiger partial charge in [0.2, 0.25) is 13.6 Å². The van der Waals surface area contributed by atoms with Crippen LogP contribution < -0.4 is 29.2 Å². The molecule has 0 bridgehead atoms. The highest BCUT2D eigenvalue weighted by molar-refractivity contribution is 5.95. The lowest BCUT2D eigenvalue weighted by molar-refractivity contribution is -0.535. The third kappa shape index (κ3) is 2.28. The molecule has 32 heavy (non-hydrogen) atoms. The summed E-state index contributed by atoms with van der Waals surface area (Å²) in [6.45, 7) is 0.244. The number of benzene rings is 2. The maximum Gasteiger partial charge on any atom is 0.230 e. The average molecular weight is 428 g/mol. The van der Waals surface area contributed by atoms with Gasteiger partial charge in [-0.25, -0.2) is 0 Å². The molecule has 0 atom stereocenters. The van der Waals surface area contributed by atoms with E-state index in [-0.39, 0.29) is 13.6 Å². The van der Waals surface area contributed by atoms with Crippen molar-refractivity contribution in [1.82, 2.24) is 9.97 Å². The molecule has 7 rings (SSSR count). The molecule has 2 aromatic heterocycles. The van der Waals surface area contributed by atoms with Gasteiger partial charge in [-0.05, 0) is 47.2 Å². The van der Waals surface area contributed by atoms with Crippen molar-refractivity contribution in [2.45, 2.75) is 24.0 Å². The van der Waals surface area contributed by atoms with Crippen LogP contribution >= 0.6 is 0 Å². The lowest BCUT2D eigenvalue weighted by atomic mass is 9.62. The fraction of sp³-hybridized carbons (Fsp3) is 0.250. The summed E-state index contributed by atoms with van der Waals surface area (Å²) >= 11 is 0. The molecule has 0 N–H and O–H groups in total. The van der Waals surface area contributed by atoms with E-state index in [0.29, 0.717) is 55.9 Å². The fourth-order valence-corrected chi connectivity index (χ4v) is 5.17. The van der Waals surface area contributed by atoms with Crippen LogP contribution in [0.25, 0.3) is 21.8 Å². The summed E-state index contributed by atoms with van der Waals surface area (Å²) in [5.41, 5.74) is 2.44. The third-order valence-corrected chi connectivity index (χ3v) is 6.69. The number of pyridine rings is 2. The molecule has 2 aliphatic heterocycles. The zero-order valence-corrected chi connectivity index (χ0v) is 16.7. The predicted molar refractivity (Wildman–Crippen MR) is 109 cm³/mol. The smallest absolute Gasteiger partial charge is 0.230 e. The van der Waals surface area contributed by atoms with Crippen LogP contribution in [0.2, 0.25) is 0 Å². The fourth-order valence-electron chi connectivity index (χ4n) is 5.17. The van der Waals surface area contributed by atoms with Crippen LogP contribution in [0.4, 0.5) is 0 Å². The lowest BCUT2D eigenvalue weighted by Crippen LogP contribution is -2.63. The Hall–Kier alpha value is -3.62. The van der Waals surface area contributed by atoms with Crippen molar-refractivity contribution in [1.29, 1.82) is 0 Å². The Morgan fingerprint density at radius 3 is 1.44 bits per heavy atom. The van der Waals surface area contributed by atoms with Gasteiger partial charge in [-0.15, -0.1) is 12.2 Å². The van der Waals surface area contributed by atoms with Gasteiger partial charge in [0.15, 0.2) is 0 Å². The van der Waals surface area contributed by atoms with Gasteiger partial charge in [0.1, 0.15) is 23.0 Å². The Morgan fingerprint density at radius 2 is 1.00 bits per heavy atom. The zero-order chi connectivity index (χ0) is 21.4. The Balaban J connectivity index is 1.33. The molecule has 1 aliphatic carbocycles. The van der Waals surface area contributed by atoms with Crippen molar-refractivity contribution in [2.75, 3.05) is 13.6 Å². The van der Waals surface area contributed by atoms with E-state index in [4.69, 9.17) is 18.9 Å². The summed E-state index contributed by atoms with van der Waals surface area (Å²) in [6.07, 6.45) is 0.988. The molecule has 1 saturated carbocycles. The van der Waals surface area contributed by atoms with Crippen LogP contribution in [0.1, 0.15) is 23.0 Å². The third-order valence-electron chi connectivity index (χ3n) is 6.69. The lowest BCUT2D eigenvalue weighted by Gasteiger charge is -2.61. The zero-order valence-electron chi connectivity index (χ0n) is 16.7. The van der Waals surface area contributed by atoms with Crippen molar-refractivity contribution < 1.29 is 29.2 Å². The van der Waals surface area contributed by atoms with E-state index in [9.17, 15) is 10.2 Å². The van der Waals surface area contributed by atoms with Crippen LogP contribution in [0.3, 0.4) is 0 Å². The van der Waals surface area contributed by atoms with Crippen LogP contribution in [-0.2, 0) is 0 Å². The second-order valence-electron chi connectivity index (χ2n) is 8.17. The Morgan fingerprint density at radius 1 is 0.594 bits per heavy atom. The molecule has 2 aromatic carbocycles. The van der Waals surface area contributed by atoms with Crippen LogP contribution in [0.15, 0.2) is 48.8 Å². The van der Waals surface area contributed by atoms with Gasteiger partial charge >= 0.3 is 0 Å². The van der Waals surface area contributed by atoms with Crippen molar-refractivity contribution >= 4 is 21.8 Å². The summed E-state index contributed by atoms with van der Waals surface area (Å²) in [7, 11) is 0. The molecule has 3 aliphatic rings. The topological polar surface area (TPSA) is 109 Å². The molecule has 0 radical (unpaired) electrons. The first-order chi connectivity index (χ1) is 15.7. The molecule has 8 heteroatoms. The maximum absolute atomic E-state index is 13.5. The maximum atomic E-state index is 13.5. The minimum atomic E-state index is -1.13. The van der Waals surface area contributed by atoms with Gasteiger partial charge in [0, 0.05) is 12.4 Å². The predicted octanol–water partition coefficient (Wildman–Crippen LogP) is 1.58. The normalized spacial score (nSPS) is 25.3. The molecule has 0 saturated heterocycles. The summed E-state index contributed by atoms with van der Waals surface area (Å²) in [5, 5.41) is 28.4. The van der Waals surface area contributed by atoms with E-state index in [1.54, 1.807) is 48.8 Å². The highest BCUT2D eigenvalue weighted by Gasteiger charge is 2.41. The quantitative estimate of drug-likeness (QED) is 0.474. The van der Waals surface area contributed by atoms with E-state index in [1.807, 2.05) is 0 Å². The molecule has 1 fully saturated rings. The second kappa shape index (κ2) is 6.44. The number of ether oxygens (including phenoxy) is 4. The van der Waals surface area contributed by atoms with E-state index in [1.165, 1.54) is 0 Å². The van der Waals surface area contributed by atoms with Gasteiger partial charge in [0.05, 0.1) is 21.8 Å². The van der Waals surface area contributed by atoms with Crippen LogP contribution in [0, 0.1) is 0 Å². The largest absolute Gasteiger partial charge is 0.851 e. The molecular weight excluding hydrogens is 412 g/mol. The first kappa shape index (κ1) is 18.0. The van der Waals surface area contributed by atoms with E-state index >= 15 is 0 Å². The molecule has 0 unspecified atom stereocenters. The van der Waals surface area contributed by atoms with Crippen LogP contribution in [0.5, 0.6) is 23.0 Å². The monoisotopic (exact) mass is 428 g/mol. The number of aromatic nitrogens is 2. The molecule has 8 nitrogen and oxygen atoms in total. The van der Waals surface area contributed by atoms with Gasteiger partial charge in [-0.3, -0.25) is 9.97 Å². The molecular formula is C24H16N2O6-2. The molecule has 4 aromatic rings. The van der Waals surface area contributed by atoms with Crippen molar-refractivity contribution in [3.05, 3.63) is 59.9 Å². The van der Waals surface area contributed by atoms with Gasteiger partial charge in [-0.1, -0.05) is 12.1 Å². The Bertz CT molecular complexity index is 1270. The minimum Gasteiger partial charge on any atom is -0.851 e. The van der Waals surface area contributed by atoms with Crippen molar-refractivity contribution in [2.24, 2.45) is 0 Å². The highest BCUT2D eigenvalue weighted by atomic mass is 16.7. The Kier molecular flexibility index (Phi) is 3.62.